The van der Waals surface area contributed by atoms with Crippen LogP contribution >= 0.6 is 0 Å². The van der Waals surface area contributed by atoms with E-state index in [1.807, 2.05) is 36.4 Å². The van der Waals surface area contributed by atoms with Crippen molar-refractivity contribution in [1.82, 2.24) is 4.90 Å². The fourth-order valence-corrected chi connectivity index (χ4v) is 4.72. The molecule has 0 atom stereocenters. The Morgan fingerprint density at radius 2 is 1.76 bits per heavy atom. The van der Waals surface area contributed by atoms with Gasteiger partial charge in [-0.25, -0.2) is 4.39 Å². The van der Waals surface area contributed by atoms with Gasteiger partial charge in [0.1, 0.15) is 23.9 Å². The molecule has 6 heteroatoms. The second-order valence-corrected chi connectivity index (χ2v) is 8.76. The average Bonchev–Trinajstić information content (AvgIpc) is 2.87. The van der Waals surface area contributed by atoms with Crippen LogP contribution in [0, 0.1) is 17.1 Å². The lowest BCUT2D eigenvalue weighted by molar-refractivity contribution is 0.110. The van der Waals surface area contributed by atoms with Crippen LogP contribution in [0.15, 0.2) is 60.9 Å². The molecule has 5 nitrogen and oxygen atoms in total. The zero-order valence-electron chi connectivity index (χ0n) is 19.8. The van der Waals surface area contributed by atoms with Crippen LogP contribution in [0.2, 0.25) is 0 Å². The molecule has 0 radical (unpaired) electrons. The number of nitriles is 1. The molecule has 0 saturated carbocycles. The fraction of sp³-hybridized carbons (Fsp3) is 0.321. The first-order chi connectivity index (χ1) is 16.5. The second-order valence-electron chi connectivity index (χ2n) is 8.76. The number of ether oxygens (including phenoxy) is 3. The third kappa shape index (κ3) is 4.57. The van der Waals surface area contributed by atoms with Crippen LogP contribution in [-0.4, -0.2) is 45.9 Å². The molecule has 4 rings (SSSR count). The molecular formula is C28H29FN2O3. The molecule has 1 saturated heterocycles. The Balaban J connectivity index is 1.74. The van der Waals surface area contributed by atoms with Gasteiger partial charge in [-0.05, 0) is 62.1 Å². The molecule has 0 unspecified atom stereocenters. The van der Waals surface area contributed by atoms with Gasteiger partial charge >= 0.3 is 0 Å². The number of benzene rings is 3. The Morgan fingerprint density at radius 3 is 2.38 bits per heavy atom. The summed E-state index contributed by atoms with van der Waals surface area (Å²) in [6.07, 6.45) is 3.35. The highest BCUT2D eigenvalue weighted by molar-refractivity contribution is 5.98. The zero-order valence-corrected chi connectivity index (χ0v) is 19.8. The fourth-order valence-electron chi connectivity index (χ4n) is 4.72. The lowest BCUT2D eigenvalue weighted by Crippen LogP contribution is -2.43. The molecule has 1 fully saturated rings. The van der Waals surface area contributed by atoms with Crippen molar-refractivity contribution in [3.8, 4) is 11.8 Å². The summed E-state index contributed by atoms with van der Waals surface area (Å²) in [6.45, 7) is 2.26. The molecule has 0 bridgehead atoms. The van der Waals surface area contributed by atoms with Crippen molar-refractivity contribution in [3.63, 3.8) is 0 Å². The third-order valence-electron chi connectivity index (χ3n) is 6.71. The number of methoxy groups -OCH3 is 2. The molecule has 0 spiro atoms. The summed E-state index contributed by atoms with van der Waals surface area (Å²) >= 11 is 0. The second kappa shape index (κ2) is 10.1. The summed E-state index contributed by atoms with van der Waals surface area (Å²) < 4.78 is 31.1. The van der Waals surface area contributed by atoms with E-state index in [4.69, 9.17) is 14.2 Å². The van der Waals surface area contributed by atoms with Crippen molar-refractivity contribution in [3.05, 3.63) is 83.4 Å². The lowest BCUT2D eigenvalue weighted by Gasteiger charge is -2.41. The Hall–Kier alpha value is -3.56. The highest BCUT2D eigenvalue weighted by atomic mass is 19.1. The van der Waals surface area contributed by atoms with Crippen LogP contribution in [0.5, 0.6) is 5.75 Å². The minimum absolute atomic E-state index is 0.249. The topological polar surface area (TPSA) is 54.7 Å². The Labute approximate surface area is 200 Å². The van der Waals surface area contributed by atoms with Gasteiger partial charge < -0.3 is 19.1 Å². The molecule has 34 heavy (non-hydrogen) atoms. The molecule has 3 aromatic rings. The van der Waals surface area contributed by atoms with Gasteiger partial charge in [-0.3, -0.25) is 0 Å². The zero-order chi connectivity index (χ0) is 24.1. The van der Waals surface area contributed by atoms with Crippen LogP contribution in [0.4, 0.5) is 4.39 Å². The van der Waals surface area contributed by atoms with Gasteiger partial charge in [0, 0.05) is 16.4 Å². The number of halogens is 1. The van der Waals surface area contributed by atoms with E-state index in [-0.39, 0.29) is 11.2 Å². The van der Waals surface area contributed by atoms with E-state index >= 15 is 0 Å². The Morgan fingerprint density at radius 1 is 1.09 bits per heavy atom. The number of rotatable bonds is 7. The maximum Gasteiger partial charge on any atom is 0.161 e. The van der Waals surface area contributed by atoms with Crippen LogP contribution in [0.3, 0.4) is 0 Å². The van der Waals surface area contributed by atoms with Gasteiger partial charge in [0.15, 0.2) is 5.76 Å². The molecule has 1 aliphatic rings. The van der Waals surface area contributed by atoms with Crippen LogP contribution in [0.1, 0.15) is 29.5 Å². The van der Waals surface area contributed by atoms with Crippen LogP contribution < -0.4 is 4.74 Å². The minimum atomic E-state index is -0.257. The smallest absolute Gasteiger partial charge is 0.161 e. The number of hydrogen-bond donors (Lipinski definition) is 0. The standard InChI is InChI=1S/C28H29FN2O3/c1-31-14-12-28(13-15-31,21-8-10-22(29)11-9-21)19-34-26(18-32-2)25-16-20(17-30)27(33-3)24-7-5-4-6-23(24)25/h4-11,16,18H,12-15,19H2,1-3H3. The van der Waals surface area contributed by atoms with Gasteiger partial charge in [-0.1, -0.05) is 36.4 Å². The van der Waals surface area contributed by atoms with Crippen molar-refractivity contribution in [2.24, 2.45) is 0 Å². The number of fused-ring (bicyclic) bond motifs is 1. The Kier molecular flexibility index (Phi) is 7.04. The number of hydrogen-bond acceptors (Lipinski definition) is 5. The largest absolute Gasteiger partial charge is 0.500 e. The predicted octanol–water partition coefficient (Wildman–Crippen LogP) is 5.48. The first-order valence-corrected chi connectivity index (χ1v) is 11.3. The summed E-state index contributed by atoms with van der Waals surface area (Å²) in [5.74, 6) is 0.830. The van der Waals surface area contributed by atoms with E-state index in [1.165, 1.54) is 12.1 Å². The molecule has 0 amide bonds. The molecular weight excluding hydrogens is 431 g/mol. The van der Waals surface area contributed by atoms with E-state index in [0.29, 0.717) is 23.7 Å². The molecule has 3 aromatic carbocycles. The highest BCUT2D eigenvalue weighted by Crippen LogP contribution is 2.39. The molecule has 0 N–H and O–H groups in total. The van der Waals surface area contributed by atoms with Crippen molar-refractivity contribution in [2.45, 2.75) is 18.3 Å². The molecule has 176 valence electrons. The third-order valence-corrected chi connectivity index (χ3v) is 6.71. The number of likely N-dealkylation sites (tertiary alicyclic amines) is 1. The van der Waals surface area contributed by atoms with E-state index in [1.54, 1.807) is 26.5 Å². The Bertz CT molecular complexity index is 1220. The van der Waals surface area contributed by atoms with Gasteiger partial charge in [-0.2, -0.15) is 5.26 Å². The molecule has 1 heterocycles. The summed E-state index contributed by atoms with van der Waals surface area (Å²) in [6, 6.07) is 18.5. The average molecular weight is 461 g/mol. The summed E-state index contributed by atoms with van der Waals surface area (Å²) in [4.78, 5) is 2.30. The lowest BCUT2D eigenvalue weighted by atomic mass is 9.73. The van der Waals surface area contributed by atoms with Crippen molar-refractivity contribution in [2.75, 3.05) is 41.0 Å². The van der Waals surface area contributed by atoms with Crippen LogP contribution in [-0.2, 0) is 14.9 Å². The van der Waals surface area contributed by atoms with E-state index < -0.39 is 0 Å². The van der Waals surface area contributed by atoms with Gasteiger partial charge in [0.25, 0.3) is 0 Å². The van der Waals surface area contributed by atoms with Crippen molar-refractivity contribution >= 4 is 16.5 Å². The summed E-state index contributed by atoms with van der Waals surface area (Å²) in [5.41, 5.74) is 2.00. The molecule has 0 aromatic heterocycles. The predicted molar refractivity (Wildman–Crippen MR) is 131 cm³/mol. The van der Waals surface area contributed by atoms with E-state index in [0.717, 1.165) is 47.8 Å². The van der Waals surface area contributed by atoms with Gasteiger partial charge in [0.2, 0.25) is 0 Å². The first kappa shape index (κ1) is 23.6. The van der Waals surface area contributed by atoms with Crippen molar-refractivity contribution < 1.29 is 18.6 Å². The monoisotopic (exact) mass is 460 g/mol. The molecule has 1 aliphatic heterocycles. The maximum atomic E-state index is 13.7. The highest BCUT2D eigenvalue weighted by Gasteiger charge is 2.37. The quantitative estimate of drug-likeness (QED) is 0.437. The van der Waals surface area contributed by atoms with E-state index in [9.17, 15) is 9.65 Å². The molecule has 0 aliphatic carbocycles. The van der Waals surface area contributed by atoms with E-state index in [2.05, 4.69) is 18.0 Å². The van der Waals surface area contributed by atoms with Gasteiger partial charge in [0.05, 0.1) is 26.4 Å². The first-order valence-electron chi connectivity index (χ1n) is 11.3. The number of piperidine rings is 1. The van der Waals surface area contributed by atoms with Crippen LogP contribution in [0.25, 0.3) is 16.5 Å². The van der Waals surface area contributed by atoms with Gasteiger partial charge in [-0.15, -0.1) is 0 Å². The summed E-state index contributed by atoms with van der Waals surface area (Å²) in [7, 11) is 5.25. The minimum Gasteiger partial charge on any atom is -0.500 e. The van der Waals surface area contributed by atoms with Crippen molar-refractivity contribution in [1.29, 1.82) is 5.26 Å². The SMILES string of the molecule is COC=C(OCC1(c2ccc(F)cc2)CCN(C)CC1)c1cc(C#N)c(OC)c2ccccc12. The summed E-state index contributed by atoms with van der Waals surface area (Å²) in [5, 5.41) is 11.5. The normalized spacial score (nSPS) is 16.1. The maximum absolute atomic E-state index is 13.7. The number of nitrogens with zero attached hydrogens (tertiary/aromatic N) is 2.